The van der Waals surface area contributed by atoms with Crippen molar-refractivity contribution >= 4 is 22.4 Å². The van der Waals surface area contributed by atoms with E-state index in [0.29, 0.717) is 12.5 Å². The van der Waals surface area contributed by atoms with Crippen LogP contribution in [0.3, 0.4) is 0 Å². The van der Waals surface area contributed by atoms with Crippen LogP contribution in [-0.2, 0) is 0 Å². The summed E-state index contributed by atoms with van der Waals surface area (Å²) in [5.41, 5.74) is 0. The van der Waals surface area contributed by atoms with Crippen molar-refractivity contribution in [1.82, 2.24) is 15.6 Å². The molecule has 0 bridgehead atoms. The number of thiazole rings is 1. The summed E-state index contributed by atoms with van der Waals surface area (Å²) in [7, 11) is 1.72. The molecule has 0 aliphatic rings. The van der Waals surface area contributed by atoms with E-state index in [1.807, 2.05) is 11.6 Å². The van der Waals surface area contributed by atoms with Crippen molar-refractivity contribution in [3.8, 4) is 6.19 Å². The van der Waals surface area contributed by atoms with Gasteiger partial charge in [-0.05, 0) is 6.42 Å². The van der Waals surface area contributed by atoms with Crippen molar-refractivity contribution in [2.45, 2.75) is 6.42 Å². The van der Waals surface area contributed by atoms with E-state index in [1.54, 1.807) is 24.6 Å². The topological polar surface area (TPSA) is 85.1 Å². The molecule has 0 saturated heterocycles. The molecule has 0 radical (unpaired) electrons. The number of nitrogens with zero attached hydrogens (tertiary/aromatic N) is 3. The Morgan fingerprint density at radius 3 is 3.19 bits per heavy atom. The minimum Gasteiger partial charge on any atom is -0.361 e. The van der Waals surface area contributed by atoms with Crippen molar-refractivity contribution in [2.24, 2.45) is 4.99 Å². The zero-order valence-electron chi connectivity index (χ0n) is 9.03. The fourth-order valence-electron chi connectivity index (χ4n) is 1.01. The van der Waals surface area contributed by atoms with Crippen molar-refractivity contribution in [2.75, 3.05) is 25.5 Å². The van der Waals surface area contributed by atoms with Crippen LogP contribution in [0.2, 0.25) is 0 Å². The smallest absolute Gasteiger partial charge is 0.204 e. The third-order valence-corrected chi connectivity index (χ3v) is 2.46. The lowest BCUT2D eigenvalue weighted by molar-refractivity contribution is 0.858. The predicted octanol–water partition coefficient (Wildman–Crippen LogP) is 0.591. The van der Waals surface area contributed by atoms with Gasteiger partial charge < -0.3 is 10.6 Å². The van der Waals surface area contributed by atoms with Gasteiger partial charge >= 0.3 is 0 Å². The molecular weight excluding hydrogens is 224 g/mol. The molecule has 0 unspecified atom stereocenters. The molecule has 3 N–H and O–H groups in total. The van der Waals surface area contributed by atoms with Gasteiger partial charge in [-0.15, -0.1) is 11.3 Å². The Balaban J connectivity index is 2.13. The summed E-state index contributed by atoms with van der Waals surface area (Å²) in [5, 5.41) is 19.7. The minimum atomic E-state index is 0.497. The summed E-state index contributed by atoms with van der Waals surface area (Å²) in [6.07, 6.45) is 4.47. The number of anilines is 1. The van der Waals surface area contributed by atoms with E-state index in [0.717, 1.165) is 18.1 Å². The summed E-state index contributed by atoms with van der Waals surface area (Å²) in [4.78, 5) is 8.26. The Bertz CT molecular complexity index is 353. The highest BCUT2D eigenvalue weighted by atomic mass is 32.1. The second-order valence-corrected chi connectivity index (χ2v) is 3.73. The standard InChI is InChI=1S/C9H14N6S/c1-11-8(15-7-10)12-3-2-4-13-9-14-5-6-16-9/h5-6H,2-4H2,1H3,(H,13,14)(H2,11,12,15). The lowest BCUT2D eigenvalue weighted by Crippen LogP contribution is -2.31. The number of nitrogens with one attached hydrogen (secondary N) is 3. The second-order valence-electron chi connectivity index (χ2n) is 2.83. The molecule has 0 aliphatic heterocycles. The molecule has 0 atom stereocenters. The highest BCUT2D eigenvalue weighted by molar-refractivity contribution is 7.13. The van der Waals surface area contributed by atoms with Crippen LogP contribution in [0, 0.1) is 11.5 Å². The van der Waals surface area contributed by atoms with Crippen molar-refractivity contribution in [3.05, 3.63) is 11.6 Å². The van der Waals surface area contributed by atoms with Gasteiger partial charge in [-0.2, -0.15) is 5.26 Å². The molecule has 1 aromatic heterocycles. The van der Waals surface area contributed by atoms with Crippen molar-refractivity contribution < 1.29 is 0 Å². The fourth-order valence-corrected chi connectivity index (χ4v) is 1.57. The van der Waals surface area contributed by atoms with Gasteiger partial charge in [-0.3, -0.25) is 10.3 Å². The van der Waals surface area contributed by atoms with Crippen LogP contribution < -0.4 is 16.0 Å². The average molecular weight is 238 g/mol. The molecule has 1 aromatic rings. The van der Waals surface area contributed by atoms with E-state index in [4.69, 9.17) is 5.26 Å². The molecular formula is C9H14N6S. The quantitative estimate of drug-likeness (QED) is 0.230. The van der Waals surface area contributed by atoms with Gasteiger partial charge in [0.05, 0.1) is 0 Å². The van der Waals surface area contributed by atoms with E-state index >= 15 is 0 Å². The lowest BCUT2D eigenvalue weighted by atomic mass is 10.4. The van der Waals surface area contributed by atoms with E-state index in [1.165, 1.54) is 0 Å². The van der Waals surface area contributed by atoms with E-state index < -0.39 is 0 Å². The number of hydrogen-bond acceptors (Lipinski definition) is 5. The molecule has 7 heteroatoms. The lowest BCUT2D eigenvalue weighted by Gasteiger charge is -2.03. The summed E-state index contributed by atoms with van der Waals surface area (Å²) < 4.78 is 0. The zero-order valence-corrected chi connectivity index (χ0v) is 9.84. The molecule has 0 saturated carbocycles. The van der Waals surface area contributed by atoms with E-state index in [-0.39, 0.29) is 0 Å². The minimum absolute atomic E-state index is 0.497. The maximum absolute atomic E-state index is 8.39. The van der Waals surface area contributed by atoms with Crippen LogP contribution >= 0.6 is 11.3 Å². The second kappa shape index (κ2) is 7.48. The molecule has 0 amide bonds. The Morgan fingerprint density at radius 2 is 2.56 bits per heavy atom. The number of aliphatic imine (C=N–C) groups is 1. The normalized spacial score (nSPS) is 10.6. The summed E-state index contributed by atoms with van der Waals surface area (Å²) in [5.74, 6) is 0.497. The third-order valence-electron chi connectivity index (χ3n) is 1.72. The maximum atomic E-state index is 8.39. The van der Waals surface area contributed by atoms with Gasteiger partial charge in [0.2, 0.25) is 5.96 Å². The summed E-state index contributed by atoms with van der Waals surface area (Å²) in [6.45, 7) is 1.48. The molecule has 0 aromatic carbocycles. The molecule has 1 heterocycles. The molecule has 86 valence electrons. The summed E-state index contributed by atoms with van der Waals surface area (Å²) in [6, 6.07) is 0. The number of hydrogen-bond donors (Lipinski definition) is 3. The summed E-state index contributed by atoms with van der Waals surface area (Å²) >= 11 is 1.57. The van der Waals surface area contributed by atoms with Crippen LogP contribution in [0.15, 0.2) is 16.6 Å². The average Bonchev–Trinajstić information content (AvgIpc) is 2.80. The Kier molecular flexibility index (Phi) is 5.73. The first-order chi connectivity index (χ1) is 7.86. The Hall–Kier alpha value is -1.81. The van der Waals surface area contributed by atoms with Gasteiger partial charge in [0.25, 0.3) is 0 Å². The van der Waals surface area contributed by atoms with Gasteiger partial charge in [0.15, 0.2) is 11.3 Å². The number of guanidine groups is 1. The van der Waals surface area contributed by atoms with E-state index in [2.05, 4.69) is 25.9 Å². The van der Waals surface area contributed by atoms with Gasteiger partial charge in [0, 0.05) is 31.7 Å². The SMILES string of the molecule is CN/C(=N/CCCNc1nccs1)NC#N. The Labute approximate surface area is 98.4 Å². The van der Waals surface area contributed by atoms with Gasteiger partial charge in [0.1, 0.15) is 0 Å². The number of nitriles is 1. The first kappa shape index (κ1) is 12.3. The highest BCUT2D eigenvalue weighted by Crippen LogP contribution is 2.09. The largest absolute Gasteiger partial charge is 0.361 e. The first-order valence-electron chi connectivity index (χ1n) is 4.87. The number of aromatic nitrogens is 1. The number of rotatable bonds is 5. The molecule has 6 nitrogen and oxygen atoms in total. The van der Waals surface area contributed by atoms with Gasteiger partial charge in [-0.25, -0.2) is 4.98 Å². The third kappa shape index (κ3) is 4.61. The van der Waals surface area contributed by atoms with Crippen LogP contribution in [0.1, 0.15) is 6.42 Å². The monoisotopic (exact) mass is 238 g/mol. The highest BCUT2D eigenvalue weighted by Gasteiger charge is 1.94. The van der Waals surface area contributed by atoms with Crippen LogP contribution in [-0.4, -0.2) is 31.1 Å². The van der Waals surface area contributed by atoms with Gasteiger partial charge in [-0.1, -0.05) is 0 Å². The molecule has 0 fully saturated rings. The van der Waals surface area contributed by atoms with E-state index in [9.17, 15) is 0 Å². The van der Waals surface area contributed by atoms with Crippen molar-refractivity contribution in [3.63, 3.8) is 0 Å². The van der Waals surface area contributed by atoms with Crippen LogP contribution in [0.5, 0.6) is 0 Å². The van der Waals surface area contributed by atoms with Crippen molar-refractivity contribution in [1.29, 1.82) is 5.26 Å². The molecule has 16 heavy (non-hydrogen) atoms. The van der Waals surface area contributed by atoms with Crippen LogP contribution in [0.4, 0.5) is 5.13 Å². The fraction of sp³-hybridized carbons (Fsp3) is 0.444. The predicted molar refractivity (Wildman–Crippen MR) is 65.3 cm³/mol. The molecule has 1 rings (SSSR count). The Morgan fingerprint density at radius 1 is 1.69 bits per heavy atom. The molecule has 0 aliphatic carbocycles. The molecule has 0 spiro atoms. The zero-order chi connectivity index (χ0) is 11.6. The van der Waals surface area contributed by atoms with Crippen LogP contribution in [0.25, 0.3) is 0 Å². The first-order valence-corrected chi connectivity index (χ1v) is 5.75. The maximum Gasteiger partial charge on any atom is 0.204 e.